The second kappa shape index (κ2) is 34.9. The van der Waals surface area contributed by atoms with Crippen LogP contribution in [0, 0.1) is 41.4 Å². The van der Waals surface area contributed by atoms with E-state index in [0.29, 0.717) is 6.42 Å². The van der Waals surface area contributed by atoms with E-state index in [0.717, 1.165) is 9.80 Å². The average Bonchev–Trinajstić information content (AvgIpc) is 3.62. The standard InChI is InChI=1S/C62H111N11O12/c1-25-27-28-40(15)52(75)51-56(79)65-43(26-2)58(81)67(18)33-48(74)68(19)44(29-34(3)4)55(78)66-49(38(11)12)61(84)69(20)45(30-35(5)6)54(77)63-41(16)53(76)64-42(17)57(80)70(21)46(31-36(7)8)59(82)71(22)47(32-37(9)10)60(83)72(23)50(39(13)14)62(85)73(51)24/h25,27,34-47,49-52,75H,26,28-33H2,1-24H3,(H,63,77)(H,64,76)(H,65,79)(H,66,78)/b27-25+/t40-,41+,42-,43+,44+,45+,46+,47-,49+,50+,51+,52-/m1/s1. The number of nitrogens with zero attached hydrogens (tertiary/aromatic N) is 7. The van der Waals surface area contributed by atoms with Crippen LogP contribution in [0.4, 0.5) is 0 Å². The van der Waals surface area contributed by atoms with E-state index in [1.54, 1.807) is 54.5 Å². The summed E-state index contributed by atoms with van der Waals surface area (Å²) < 4.78 is 0. The molecule has 0 radical (unpaired) electrons. The number of hydrogen-bond acceptors (Lipinski definition) is 12. The molecule has 0 aromatic heterocycles. The molecule has 0 aliphatic carbocycles. The Kier molecular flexibility index (Phi) is 31.5. The summed E-state index contributed by atoms with van der Waals surface area (Å²) in [6, 6.07) is -12.3. The highest BCUT2D eigenvalue weighted by Gasteiger charge is 2.45. The quantitative estimate of drug-likeness (QED) is 0.148. The molecule has 1 saturated heterocycles. The third-order valence-corrected chi connectivity index (χ3v) is 16.1. The van der Waals surface area contributed by atoms with Crippen molar-refractivity contribution in [2.45, 2.75) is 223 Å². The molecule has 0 unspecified atom stereocenters. The zero-order valence-electron chi connectivity index (χ0n) is 56.1. The monoisotopic (exact) mass is 1200 g/mol. The highest BCUT2D eigenvalue weighted by Crippen LogP contribution is 2.26. The number of hydrogen-bond donors (Lipinski definition) is 5. The summed E-state index contributed by atoms with van der Waals surface area (Å²) in [4.78, 5) is 169. The largest absolute Gasteiger partial charge is 0.390 e. The molecule has 1 aliphatic rings. The molecule has 486 valence electrons. The molecule has 0 saturated carbocycles. The van der Waals surface area contributed by atoms with Gasteiger partial charge in [0.05, 0.1) is 12.6 Å². The lowest BCUT2D eigenvalue weighted by atomic mass is 9.91. The maximum Gasteiger partial charge on any atom is 0.246 e. The van der Waals surface area contributed by atoms with Crippen molar-refractivity contribution in [1.82, 2.24) is 55.6 Å². The van der Waals surface area contributed by atoms with E-state index in [-0.39, 0.29) is 55.8 Å². The van der Waals surface area contributed by atoms with Gasteiger partial charge >= 0.3 is 0 Å². The van der Waals surface area contributed by atoms with Gasteiger partial charge in [0, 0.05) is 49.3 Å². The fourth-order valence-electron chi connectivity index (χ4n) is 10.7. The van der Waals surface area contributed by atoms with Crippen LogP contribution in [0.5, 0.6) is 0 Å². The Morgan fingerprint density at radius 1 is 0.459 bits per heavy atom. The molecule has 23 nitrogen and oxygen atoms in total. The molecule has 5 N–H and O–H groups in total. The fraction of sp³-hybridized carbons (Fsp3) is 0.790. The molecule has 1 aliphatic heterocycles. The maximum atomic E-state index is 15.1. The van der Waals surface area contributed by atoms with Crippen LogP contribution in [0.15, 0.2) is 12.2 Å². The van der Waals surface area contributed by atoms with E-state index in [4.69, 9.17) is 0 Å². The van der Waals surface area contributed by atoms with Gasteiger partial charge < -0.3 is 60.7 Å². The minimum absolute atomic E-state index is 0.0229. The Hall–Kier alpha value is -6.13. The first-order valence-electron chi connectivity index (χ1n) is 30.6. The van der Waals surface area contributed by atoms with Gasteiger partial charge in [-0.2, -0.15) is 0 Å². The fourth-order valence-corrected chi connectivity index (χ4v) is 10.7. The van der Waals surface area contributed by atoms with Gasteiger partial charge in [-0.1, -0.05) is 109 Å². The number of carbonyl (C=O) groups is 11. The smallest absolute Gasteiger partial charge is 0.246 e. The molecule has 1 rings (SSSR count). The molecular weight excluding hydrogens is 1090 g/mol. The second-order valence-electron chi connectivity index (χ2n) is 26.1. The Bertz CT molecular complexity index is 2330. The van der Waals surface area contributed by atoms with Crippen LogP contribution in [0.3, 0.4) is 0 Å². The minimum atomic E-state index is -1.61. The van der Waals surface area contributed by atoms with Gasteiger partial charge in [-0.15, -0.1) is 0 Å². The molecule has 1 fully saturated rings. The van der Waals surface area contributed by atoms with Crippen LogP contribution >= 0.6 is 0 Å². The summed E-state index contributed by atoms with van der Waals surface area (Å²) in [7, 11) is 9.92. The van der Waals surface area contributed by atoms with Gasteiger partial charge in [0.15, 0.2) is 0 Å². The van der Waals surface area contributed by atoms with Crippen LogP contribution in [-0.2, 0) is 52.7 Å². The molecule has 0 aromatic rings. The van der Waals surface area contributed by atoms with Crippen LogP contribution in [0.2, 0.25) is 0 Å². The molecule has 11 amide bonds. The summed E-state index contributed by atoms with van der Waals surface area (Å²) in [5, 5.41) is 23.1. The molecule has 85 heavy (non-hydrogen) atoms. The van der Waals surface area contributed by atoms with E-state index in [9.17, 15) is 48.3 Å². The first-order valence-corrected chi connectivity index (χ1v) is 30.6. The van der Waals surface area contributed by atoms with Gasteiger partial charge in [0.25, 0.3) is 0 Å². The van der Waals surface area contributed by atoms with E-state index < -0.39 is 156 Å². The van der Waals surface area contributed by atoms with Crippen molar-refractivity contribution in [3.8, 4) is 0 Å². The van der Waals surface area contributed by atoms with E-state index in [2.05, 4.69) is 21.3 Å². The Morgan fingerprint density at radius 2 is 0.871 bits per heavy atom. The number of aliphatic hydroxyl groups excluding tert-OH is 1. The summed E-state index contributed by atoms with van der Waals surface area (Å²) in [6.07, 6.45) is 3.04. The summed E-state index contributed by atoms with van der Waals surface area (Å²) in [5.74, 6) is -9.71. The van der Waals surface area contributed by atoms with Crippen molar-refractivity contribution in [2.24, 2.45) is 41.4 Å². The number of allylic oxidation sites excluding steroid dienone is 2. The second-order valence-corrected chi connectivity index (χ2v) is 26.1. The molecule has 12 atom stereocenters. The Morgan fingerprint density at radius 3 is 1.32 bits per heavy atom. The van der Waals surface area contributed by atoms with Crippen molar-refractivity contribution in [3.05, 3.63) is 12.2 Å². The molecule has 23 heteroatoms. The van der Waals surface area contributed by atoms with Crippen LogP contribution < -0.4 is 21.3 Å². The molecular formula is C62H111N11O12. The van der Waals surface area contributed by atoms with Crippen molar-refractivity contribution in [3.63, 3.8) is 0 Å². The lowest BCUT2D eigenvalue weighted by Crippen LogP contribution is -2.63. The van der Waals surface area contributed by atoms with Crippen molar-refractivity contribution in [1.29, 1.82) is 0 Å². The third kappa shape index (κ3) is 21.7. The average molecular weight is 1200 g/mol. The zero-order chi connectivity index (χ0) is 66.0. The number of aliphatic hydroxyl groups is 1. The summed E-state index contributed by atoms with van der Waals surface area (Å²) in [5.41, 5.74) is 0. The molecule has 0 spiro atoms. The van der Waals surface area contributed by atoms with Gasteiger partial charge in [-0.3, -0.25) is 52.7 Å². The van der Waals surface area contributed by atoms with Gasteiger partial charge in [-0.05, 0) is 101 Å². The molecule has 1 heterocycles. The normalized spacial score (nSPS) is 26.9. The van der Waals surface area contributed by atoms with E-state index >= 15 is 9.59 Å². The lowest BCUT2D eigenvalue weighted by Gasteiger charge is -2.41. The topological polar surface area (TPSA) is 279 Å². The third-order valence-electron chi connectivity index (χ3n) is 16.1. The highest BCUT2D eigenvalue weighted by atomic mass is 16.3. The SMILES string of the molecule is C/C=C/C[C@@H](C)[C@@H](O)[C@H]1C(=O)N[C@@H](CC)C(=O)N(C)CC(=O)N(C)[C@@H](CC(C)C)C(=O)N[C@@H](C(C)C)C(=O)N(C)[C@@H](CC(C)C)C(=O)N[C@@H](C)C(=O)N[C@H](C)C(=O)N(C)[C@@H](CC(C)C)C(=O)N(C)[C@H](CC(C)C)C(=O)N(C)[C@@H](C(C)C)C(=O)N1C. The predicted octanol–water partition coefficient (Wildman–Crippen LogP) is 3.27. The van der Waals surface area contributed by atoms with Gasteiger partial charge in [0.1, 0.15) is 60.4 Å². The highest BCUT2D eigenvalue weighted by molar-refractivity contribution is 5.99. The number of likely N-dealkylation sites (N-methyl/N-ethyl adjacent to an activating group) is 7. The number of nitrogens with one attached hydrogen (secondary N) is 4. The van der Waals surface area contributed by atoms with Crippen molar-refractivity contribution in [2.75, 3.05) is 55.9 Å². The van der Waals surface area contributed by atoms with Crippen LogP contribution in [-0.4, -0.2) is 227 Å². The first-order chi connectivity index (χ1) is 39.2. The first kappa shape index (κ1) is 76.9. The zero-order valence-corrected chi connectivity index (χ0v) is 56.1. The Labute approximate surface area is 508 Å². The van der Waals surface area contributed by atoms with E-state index in [1.165, 1.54) is 87.7 Å². The lowest BCUT2D eigenvalue weighted by molar-refractivity contribution is -0.157. The van der Waals surface area contributed by atoms with Gasteiger partial charge in [-0.25, -0.2) is 0 Å². The number of amides is 11. The summed E-state index contributed by atoms with van der Waals surface area (Å²) >= 11 is 0. The Balaban J connectivity index is 4.32. The van der Waals surface area contributed by atoms with Gasteiger partial charge in [0.2, 0.25) is 65.0 Å². The molecule has 0 bridgehead atoms. The van der Waals surface area contributed by atoms with Crippen LogP contribution in [0.1, 0.15) is 156 Å². The van der Waals surface area contributed by atoms with Crippen molar-refractivity contribution >= 4 is 65.0 Å². The number of rotatable bonds is 15. The minimum Gasteiger partial charge on any atom is -0.390 e. The molecule has 0 aromatic carbocycles. The van der Waals surface area contributed by atoms with Crippen molar-refractivity contribution < 1.29 is 57.8 Å². The summed E-state index contributed by atoms with van der Waals surface area (Å²) in [6.45, 7) is 29.3. The van der Waals surface area contributed by atoms with Crippen LogP contribution in [0.25, 0.3) is 0 Å². The predicted molar refractivity (Wildman–Crippen MR) is 328 cm³/mol. The van der Waals surface area contributed by atoms with E-state index in [1.807, 2.05) is 61.5 Å². The number of carbonyl (C=O) groups excluding carboxylic acids is 11. The maximum absolute atomic E-state index is 15.1.